The maximum Gasteiger partial charge on any atom is 0.243 e. The van der Waals surface area contributed by atoms with Gasteiger partial charge in [-0.25, -0.2) is 0 Å². The summed E-state index contributed by atoms with van der Waals surface area (Å²) in [5, 5.41) is 5.30. The second-order valence-corrected chi connectivity index (χ2v) is 7.06. The zero-order valence-electron chi connectivity index (χ0n) is 14.9. The van der Waals surface area contributed by atoms with E-state index in [-0.39, 0.29) is 12.3 Å². The largest absolute Gasteiger partial charge is 0.368 e. The molecule has 27 heavy (non-hydrogen) atoms. The summed E-state index contributed by atoms with van der Waals surface area (Å²) in [5.41, 5.74) is 7.22. The van der Waals surface area contributed by atoms with Gasteiger partial charge in [0.2, 0.25) is 17.7 Å². The van der Waals surface area contributed by atoms with Crippen LogP contribution in [0.4, 0.5) is 0 Å². The second-order valence-electron chi connectivity index (χ2n) is 6.20. The fourth-order valence-electron chi connectivity index (χ4n) is 2.68. The molecule has 0 bridgehead atoms. The highest BCUT2D eigenvalue weighted by molar-refractivity contribution is 9.10. The fourth-order valence-corrected chi connectivity index (χ4v) is 3.13. The Morgan fingerprint density at radius 1 is 0.926 bits per heavy atom. The van der Waals surface area contributed by atoms with E-state index in [2.05, 4.69) is 26.6 Å². The Morgan fingerprint density at radius 3 is 2.15 bits per heavy atom. The minimum atomic E-state index is -0.886. The molecule has 3 amide bonds. The predicted molar refractivity (Wildman–Crippen MR) is 107 cm³/mol. The van der Waals surface area contributed by atoms with Crippen molar-refractivity contribution < 1.29 is 14.4 Å². The van der Waals surface area contributed by atoms with Gasteiger partial charge in [0, 0.05) is 24.2 Å². The summed E-state index contributed by atoms with van der Waals surface area (Å²) >= 11 is 3.42. The molecule has 0 aromatic heterocycles. The van der Waals surface area contributed by atoms with Crippen LogP contribution in [0.3, 0.4) is 0 Å². The maximum atomic E-state index is 12.7. The smallest absolute Gasteiger partial charge is 0.243 e. The summed E-state index contributed by atoms with van der Waals surface area (Å²) in [5.74, 6) is -1.42. The Kier molecular flexibility index (Phi) is 7.55. The number of halogens is 1. The molecule has 0 spiro atoms. The average molecular weight is 432 g/mol. The van der Waals surface area contributed by atoms with Crippen molar-refractivity contribution in [3.63, 3.8) is 0 Å². The molecule has 0 aliphatic rings. The summed E-state index contributed by atoms with van der Waals surface area (Å²) in [4.78, 5) is 36.1. The third-order valence-corrected chi connectivity index (χ3v) is 4.79. The highest BCUT2D eigenvalue weighted by Gasteiger charge is 2.25. The van der Waals surface area contributed by atoms with Gasteiger partial charge in [0.05, 0.1) is 0 Å². The van der Waals surface area contributed by atoms with Crippen molar-refractivity contribution in [2.24, 2.45) is 5.73 Å². The van der Waals surface area contributed by atoms with E-state index < -0.39 is 23.9 Å². The lowest BCUT2D eigenvalue weighted by Crippen LogP contribution is -2.54. The van der Waals surface area contributed by atoms with E-state index >= 15 is 0 Å². The Labute approximate surface area is 166 Å². The van der Waals surface area contributed by atoms with Gasteiger partial charge in [0.1, 0.15) is 12.1 Å². The van der Waals surface area contributed by atoms with E-state index in [9.17, 15) is 14.4 Å². The van der Waals surface area contributed by atoms with E-state index in [1.54, 1.807) is 0 Å². The Hall–Kier alpha value is -2.67. The quantitative estimate of drug-likeness (QED) is 0.592. The number of rotatable bonds is 8. The number of carbonyl (C=O) groups is 3. The molecule has 0 fully saturated rings. The van der Waals surface area contributed by atoms with Crippen molar-refractivity contribution in [2.45, 2.75) is 31.8 Å². The van der Waals surface area contributed by atoms with Gasteiger partial charge in [-0.3, -0.25) is 14.4 Å². The van der Waals surface area contributed by atoms with E-state index in [0.29, 0.717) is 6.42 Å². The maximum absolute atomic E-state index is 12.7. The minimum absolute atomic E-state index is 0.251. The predicted octanol–water partition coefficient (Wildman–Crippen LogP) is 1.71. The SMILES string of the molecule is CC(=O)N[C@@H](Cc1ccccc1)C(=O)N[C@@H](Cc1ccccc1Br)C(N)=O. The van der Waals surface area contributed by atoms with Crippen molar-refractivity contribution in [3.8, 4) is 0 Å². The number of carbonyl (C=O) groups excluding carboxylic acids is 3. The Balaban J connectivity index is 2.13. The molecule has 2 aromatic carbocycles. The third-order valence-electron chi connectivity index (χ3n) is 4.02. The van der Waals surface area contributed by atoms with Crippen LogP contribution < -0.4 is 16.4 Å². The van der Waals surface area contributed by atoms with Crippen LogP contribution in [-0.2, 0) is 27.2 Å². The van der Waals surface area contributed by atoms with E-state index in [4.69, 9.17) is 5.73 Å². The van der Waals surface area contributed by atoms with Crippen LogP contribution in [0.5, 0.6) is 0 Å². The van der Waals surface area contributed by atoms with E-state index in [1.165, 1.54) is 6.92 Å². The highest BCUT2D eigenvalue weighted by Crippen LogP contribution is 2.17. The Bertz CT molecular complexity index is 811. The number of hydrogen-bond donors (Lipinski definition) is 3. The fraction of sp³-hybridized carbons (Fsp3) is 0.250. The average Bonchev–Trinajstić information content (AvgIpc) is 2.62. The molecule has 2 aromatic rings. The lowest BCUT2D eigenvalue weighted by molar-refractivity contribution is -0.130. The van der Waals surface area contributed by atoms with Gasteiger partial charge >= 0.3 is 0 Å². The number of amides is 3. The molecular formula is C20H22BrN3O3. The van der Waals surface area contributed by atoms with Gasteiger partial charge in [-0.05, 0) is 17.2 Å². The first kappa shape index (κ1) is 20.6. The van der Waals surface area contributed by atoms with Crippen LogP contribution >= 0.6 is 15.9 Å². The number of benzene rings is 2. The molecule has 2 atom stereocenters. The molecule has 0 aliphatic carbocycles. The van der Waals surface area contributed by atoms with Gasteiger partial charge in [0.25, 0.3) is 0 Å². The molecule has 142 valence electrons. The van der Waals surface area contributed by atoms with Gasteiger partial charge in [-0.1, -0.05) is 64.5 Å². The zero-order chi connectivity index (χ0) is 19.8. The standard InChI is InChI=1S/C20H22BrN3O3/c1-13(25)23-18(11-14-7-3-2-4-8-14)20(27)24-17(19(22)26)12-15-9-5-6-10-16(15)21/h2-10,17-18H,11-12H2,1H3,(H2,22,26)(H,23,25)(H,24,27)/t17-,18-/m0/s1. The monoisotopic (exact) mass is 431 g/mol. The summed E-state index contributed by atoms with van der Waals surface area (Å²) in [7, 11) is 0. The molecule has 0 heterocycles. The highest BCUT2D eigenvalue weighted by atomic mass is 79.9. The van der Waals surface area contributed by atoms with Crippen LogP contribution in [0, 0.1) is 0 Å². The molecule has 6 nitrogen and oxygen atoms in total. The van der Waals surface area contributed by atoms with E-state index in [0.717, 1.165) is 15.6 Å². The van der Waals surface area contributed by atoms with E-state index in [1.807, 2.05) is 54.6 Å². The number of nitrogens with one attached hydrogen (secondary N) is 2. The van der Waals surface area contributed by atoms with Crippen molar-refractivity contribution in [1.82, 2.24) is 10.6 Å². The lowest BCUT2D eigenvalue weighted by atomic mass is 10.0. The first-order chi connectivity index (χ1) is 12.9. The third kappa shape index (κ3) is 6.53. The Morgan fingerprint density at radius 2 is 1.56 bits per heavy atom. The lowest BCUT2D eigenvalue weighted by Gasteiger charge is -2.22. The molecule has 0 saturated heterocycles. The number of nitrogens with two attached hydrogens (primary N) is 1. The first-order valence-corrected chi connectivity index (χ1v) is 9.30. The van der Waals surface area contributed by atoms with Gasteiger partial charge in [-0.2, -0.15) is 0 Å². The molecule has 4 N–H and O–H groups in total. The molecule has 0 radical (unpaired) electrons. The van der Waals surface area contributed by atoms with Crippen LogP contribution in [0.2, 0.25) is 0 Å². The van der Waals surface area contributed by atoms with Crippen molar-refractivity contribution in [1.29, 1.82) is 0 Å². The van der Waals surface area contributed by atoms with Crippen LogP contribution in [0.25, 0.3) is 0 Å². The minimum Gasteiger partial charge on any atom is -0.368 e. The first-order valence-electron chi connectivity index (χ1n) is 8.51. The van der Waals surface area contributed by atoms with Crippen LogP contribution in [0.1, 0.15) is 18.1 Å². The number of primary amides is 1. The molecule has 0 saturated carbocycles. The topological polar surface area (TPSA) is 101 Å². The van der Waals surface area contributed by atoms with Crippen molar-refractivity contribution >= 4 is 33.7 Å². The summed E-state index contributed by atoms with van der Waals surface area (Å²) in [6.45, 7) is 1.35. The normalized spacial score (nSPS) is 12.7. The van der Waals surface area contributed by atoms with Crippen molar-refractivity contribution in [2.75, 3.05) is 0 Å². The molecule has 2 rings (SSSR count). The summed E-state index contributed by atoms with van der Waals surface area (Å²) < 4.78 is 0.827. The van der Waals surface area contributed by atoms with Gasteiger partial charge < -0.3 is 16.4 Å². The molecule has 0 unspecified atom stereocenters. The number of hydrogen-bond acceptors (Lipinski definition) is 3. The summed E-state index contributed by atoms with van der Waals surface area (Å²) in [6, 6.07) is 15.0. The second kappa shape index (κ2) is 9.87. The molecule has 7 heteroatoms. The van der Waals surface area contributed by atoms with Crippen molar-refractivity contribution in [3.05, 3.63) is 70.2 Å². The molecular weight excluding hydrogens is 410 g/mol. The molecule has 0 aliphatic heterocycles. The van der Waals surface area contributed by atoms with Gasteiger partial charge in [-0.15, -0.1) is 0 Å². The van der Waals surface area contributed by atoms with Gasteiger partial charge in [0.15, 0.2) is 0 Å². The summed E-state index contributed by atoms with van der Waals surface area (Å²) in [6.07, 6.45) is 0.563. The van der Waals surface area contributed by atoms with Crippen LogP contribution in [-0.4, -0.2) is 29.8 Å². The van der Waals surface area contributed by atoms with Crippen LogP contribution in [0.15, 0.2) is 59.1 Å². The zero-order valence-corrected chi connectivity index (χ0v) is 16.5.